The first kappa shape index (κ1) is 26.2. The van der Waals surface area contributed by atoms with Gasteiger partial charge in [-0.3, -0.25) is 4.90 Å². The van der Waals surface area contributed by atoms with Gasteiger partial charge < -0.3 is 34.9 Å². The van der Waals surface area contributed by atoms with E-state index in [0.717, 1.165) is 6.54 Å². The van der Waals surface area contributed by atoms with Crippen molar-refractivity contribution in [1.29, 1.82) is 0 Å². The lowest BCUT2D eigenvalue weighted by atomic mass is 9.44. The lowest BCUT2D eigenvalue weighted by molar-refractivity contribution is -0.337. The van der Waals surface area contributed by atoms with E-state index >= 15 is 0 Å². The number of esters is 1. The average molecular weight is 543 g/mol. The van der Waals surface area contributed by atoms with Gasteiger partial charge in [0.15, 0.2) is 0 Å². The molecule has 39 heavy (non-hydrogen) atoms. The third-order valence-corrected chi connectivity index (χ3v) is 12.4. The van der Waals surface area contributed by atoms with Gasteiger partial charge in [0.1, 0.15) is 16.8 Å². The summed E-state index contributed by atoms with van der Waals surface area (Å²) in [5, 5.41) is 25.6. The summed E-state index contributed by atoms with van der Waals surface area (Å²) in [7, 11) is 5.09. The smallest absolute Gasteiger partial charge is 0.340 e. The van der Waals surface area contributed by atoms with Crippen LogP contribution in [0.5, 0.6) is 0 Å². The van der Waals surface area contributed by atoms with Crippen LogP contribution in [0.15, 0.2) is 24.3 Å². The Labute approximate surface area is 229 Å². The molecule has 0 radical (unpaired) electrons. The first-order chi connectivity index (χ1) is 18.7. The van der Waals surface area contributed by atoms with Crippen LogP contribution in [0.1, 0.15) is 49.4 Å². The highest BCUT2D eigenvalue weighted by Gasteiger charge is 2.89. The van der Waals surface area contributed by atoms with Gasteiger partial charge in [-0.05, 0) is 44.4 Å². The molecule has 7 bridgehead atoms. The summed E-state index contributed by atoms with van der Waals surface area (Å²) in [6.07, 6.45) is 2.17. The summed E-state index contributed by atoms with van der Waals surface area (Å²) < 4.78 is 24.9. The van der Waals surface area contributed by atoms with Crippen LogP contribution in [-0.2, 0) is 18.9 Å². The number of ether oxygens (including phenoxy) is 4. The number of likely N-dealkylation sites (N-methyl/N-ethyl adjacent to an activating group) is 1. The zero-order valence-corrected chi connectivity index (χ0v) is 23.3. The van der Waals surface area contributed by atoms with Crippen molar-refractivity contribution >= 4 is 11.7 Å². The number of carbonyl (C=O) groups is 1. The van der Waals surface area contributed by atoms with E-state index in [1.807, 2.05) is 6.07 Å². The lowest BCUT2D eigenvalue weighted by Crippen LogP contribution is -2.83. The molecule has 1 aliphatic heterocycles. The monoisotopic (exact) mass is 542 g/mol. The molecule has 0 amide bonds. The molecule has 214 valence electrons. The standard InChI is InChI=1S/C30H42N2O7/c1-5-32-15-27(39-26(33)16-8-6-7-9-19(16)31)11-10-23(37-3)29-21(27)13-18(24(29)32)28(34)14-20(36-2)17-12-22(29)30(28,35)25(17)38-4/h6-9,17-18,20-25,34-35H,5,10-15,31H2,1-4H3/t17-,18-,20+,21?,22+,23+,24?,25+,27+,28+,29+,30+/m1/s1. The fourth-order valence-corrected chi connectivity index (χ4v) is 11.3. The van der Waals surface area contributed by atoms with E-state index in [-0.39, 0.29) is 41.9 Å². The number of rotatable bonds is 6. The largest absolute Gasteiger partial charge is 0.454 e. The number of para-hydroxylation sites is 1. The predicted molar refractivity (Wildman–Crippen MR) is 142 cm³/mol. The zero-order valence-electron chi connectivity index (χ0n) is 23.3. The van der Waals surface area contributed by atoms with Crippen LogP contribution >= 0.6 is 0 Å². The Morgan fingerprint density at radius 3 is 2.54 bits per heavy atom. The van der Waals surface area contributed by atoms with E-state index in [9.17, 15) is 15.0 Å². The minimum atomic E-state index is -1.44. The van der Waals surface area contributed by atoms with E-state index in [4.69, 9.17) is 24.7 Å². The van der Waals surface area contributed by atoms with Gasteiger partial charge in [0.25, 0.3) is 0 Å². The number of benzene rings is 1. The van der Waals surface area contributed by atoms with Crippen molar-refractivity contribution in [2.45, 2.75) is 80.2 Å². The number of likely N-dealkylation sites (tertiary alicyclic amines) is 1. The molecule has 9 heteroatoms. The van der Waals surface area contributed by atoms with Crippen molar-refractivity contribution in [3.05, 3.63) is 29.8 Å². The second-order valence-electron chi connectivity index (χ2n) is 13.0. The summed E-state index contributed by atoms with van der Waals surface area (Å²) >= 11 is 0. The topological polar surface area (TPSA) is 124 Å². The molecule has 12 atom stereocenters. The van der Waals surface area contributed by atoms with Crippen molar-refractivity contribution in [3.8, 4) is 0 Å². The highest BCUT2D eigenvalue weighted by atomic mass is 16.6. The van der Waals surface area contributed by atoms with Gasteiger partial charge in [-0.1, -0.05) is 19.1 Å². The highest BCUT2D eigenvalue weighted by molar-refractivity contribution is 5.95. The molecule has 7 rings (SSSR count). The number of anilines is 1. The molecule has 1 aromatic carbocycles. The predicted octanol–water partition coefficient (Wildman–Crippen LogP) is 1.85. The van der Waals surface area contributed by atoms with Gasteiger partial charge in [0.05, 0.1) is 23.9 Å². The summed E-state index contributed by atoms with van der Waals surface area (Å²) in [5.74, 6) is -1.06. The molecule has 1 aromatic rings. The number of nitrogens with zero attached hydrogens (tertiary/aromatic N) is 1. The van der Waals surface area contributed by atoms with Gasteiger partial charge in [0, 0.05) is 75.1 Å². The van der Waals surface area contributed by atoms with E-state index in [0.29, 0.717) is 49.9 Å². The van der Waals surface area contributed by atoms with E-state index in [1.54, 1.807) is 39.5 Å². The van der Waals surface area contributed by atoms with E-state index < -0.39 is 34.3 Å². The SMILES string of the molecule is CCN1C[C@@]2(OC(=O)c3ccccc3N)CC[C@H](OC)[C@]34C1[C@@H](CC23)[C@@]1(O)C[C@H](OC)[C@H]2C[C@@H]4[C@]1(O)[C@H]2OC. The first-order valence-corrected chi connectivity index (χ1v) is 14.5. The van der Waals surface area contributed by atoms with Crippen LogP contribution in [-0.4, -0.2) is 96.7 Å². The molecule has 9 nitrogen and oxygen atoms in total. The maximum absolute atomic E-state index is 13.7. The van der Waals surface area contributed by atoms with Crippen molar-refractivity contribution in [2.75, 3.05) is 40.2 Å². The van der Waals surface area contributed by atoms with Crippen molar-refractivity contribution in [3.63, 3.8) is 0 Å². The number of nitrogen functional groups attached to an aromatic ring is 1. The Bertz CT molecular complexity index is 1180. The molecule has 5 saturated carbocycles. The van der Waals surface area contributed by atoms with E-state index in [2.05, 4.69) is 11.8 Å². The van der Waals surface area contributed by atoms with Gasteiger partial charge >= 0.3 is 5.97 Å². The van der Waals surface area contributed by atoms with Crippen molar-refractivity contribution in [2.24, 2.45) is 29.1 Å². The molecule has 4 N–H and O–H groups in total. The third-order valence-electron chi connectivity index (χ3n) is 12.4. The number of carbonyl (C=O) groups excluding carboxylic acids is 1. The molecular weight excluding hydrogens is 500 g/mol. The third kappa shape index (κ3) is 2.80. The van der Waals surface area contributed by atoms with Gasteiger partial charge in [-0.15, -0.1) is 0 Å². The quantitative estimate of drug-likeness (QED) is 0.365. The summed E-state index contributed by atoms with van der Waals surface area (Å²) in [6, 6.07) is 7.04. The first-order valence-electron chi connectivity index (χ1n) is 14.5. The fourth-order valence-electron chi connectivity index (χ4n) is 11.3. The minimum Gasteiger partial charge on any atom is -0.454 e. The molecule has 6 aliphatic rings. The maximum Gasteiger partial charge on any atom is 0.340 e. The van der Waals surface area contributed by atoms with Crippen LogP contribution in [0.2, 0.25) is 0 Å². The van der Waals surface area contributed by atoms with E-state index in [1.165, 1.54) is 0 Å². The van der Waals surface area contributed by atoms with Gasteiger partial charge in [-0.25, -0.2) is 4.79 Å². The number of nitrogens with two attached hydrogens (primary N) is 1. The highest BCUT2D eigenvalue weighted by Crippen LogP contribution is 2.79. The molecule has 1 saturated heterocycles. The Kier molecular flexibility index (Phi) is 5.63. The summed E-state index contributed by atoms with van der Waals surface area (Å²) in [6.45, 7) is 3.47. The number of hydrogen-bond donors (Lipinski definition) is 3. The molecule has 2 unspecified atom stereocenters. The summed E-state index contributed by atoms with van der Waals surface area (Å²) in [5.41, 5.74) is 2.84. The number of piperidine rings is 1. The van der Waals surface area contributed by atoms with Crippen molar-refractivity contribution in [1.82, 2.24) is 4.90 Å². The van der Waals surface area contributed by atoms with Crippen LogP contribution in [0.3, 0.4) is 0 Å². The Morgan fingerprint density at radius 1 is 1.10 bits per heavy atom. The number of methoxy groups -OCH3 is 3. The van der Waals surface area contributed by atoms with Crippen LogP contribution in [0.4, 0.5) is 5.69 Å². The molecule has 6 fully saturated rings. The Hall–Kier alpha value is -1.75. The molecule has 5 aliphatic carbocycles. The number of aliphatic hydroxyl groups is 2. The van der Waals surface area contributed by atoms with Crippen LogP contribution in [0, 0.1) is 29.1 Å². The second-order valence-corrected chi connectivity index (χ2v) is 13.0. The zero-order chi connectivity index (χ0) is 27.5. The lowest BCUT2D eigenvalue weighted by Gasteiger charge is -2.70. The number of fused-ring (bicyclic) bond motifs is 2. The second kappa shape index (κ2) is 8.39. The molecule has 1 spiro atoms. The molecule has 0 aromatic heterocycles. The fraction of sp³-hybridized carbons (Fsp3) is 0.767. The molecular formula is C30H42N2O7. The Balaban J connectivity index is 1.42. The van der Waals surface area contributed by atoms with Crippen molar-refractivity contribution < 1.29 is 34.0 Å². The summed E-state index contributed by atoms with van der Waals surface area (Å²) in [4.78, 5) is 16.1. The normalized spacial score (nSPS) is 51.1. The number of hydrogen-bond acceptors (Lipinski definition) is 9. The molecule has 1 heterocycles. The van der Waals surface area contributed by atoms with Gasteiger partial charge in [0.2, 0.25) is 0 Å². The minimum absolute atomic E-state index is 0.00601. The van der Waals surface area contributed by atoms with Crippen LogP contribution < -0.4 is 5.73 Å². The Morgan fingerprint density at radius 2 is 1.87 bits per heavy atom. The van der Waals surface area contributed by atoms with Gasteiger partial charge in [-0.2, -0.15) is 0 Å². The van der Waals surface area contributed by atoms with Crippen LogP contribution in [0.25, 0.3) is 0 Å². The average Bonchev–Trinajstić information content (AvgIpc) is 3.35. The maximum atomic E-state index is 13.7.